The van der Waals surface area contributed by atoms with Crippen molar-refractivity contribution < 1.29 is 19.1 Å². The van der Waals surface area contributed by atoms with Crippen molar-refractivity contribution in [1.82, 2.24) is 20.6 Å². The van der Waals surface area contributed by atoms with Crippen LogP contribution < -0.4 is 10.6 Å². The van der Waals surface area contributed by atoms with Gasteiger partial charge in [-0.15, -0.1) is 0 Å². The third-order valence-electron chi connectivity index (χ3n) is 6.37. The van der Waals surface area contributed by atoms with E-state index in [1.807, 2.05) is 30.3 Å². The molecule has 1 saturated carbocycles. The first-order chi connectivity index (χ1) is 15.5. The summed E-state index contributed by atoms with van der Waals surface area (Å²) in [6.07, 6.45) is 6.53. The monoisotopic (exact) mass is 436 g/mol. The van der Waals surface area contributed by atoms with Crippen LogP contribution in [-0.4, -0.2) is 46.9 Å². The van der Waals surface area contributed by atoms with Crippen LogP contribution in [0.2, 0.25) is 0 Å². The molecule has 2 fully saturated rings. The maximum Gasteiger partial charge on any atom is 0.307 e. The summed E-state index contributed by atoms with van der Waals surface area (Å²) in [6, 6.07) is 9.52. The maximum absolute atomic E-state index is 13.0. The van der Waals surface area contributed by atoms with Crippen molar-refractivity contribution in [2.45, 2.75) is 50.5 Å². The summed E-state index contributed by atoms with van der Waals surface area (Å²) in [5, 5.41) is 5.55. The van der Waals surface area contributed by atoms with Crippen LogP contribution in [-0.2, 0) is 20.7 Å². The molecule has 2 aliphatic rings. The van der Waals surface area contributed by atoms with E-state index < -0.39 is 11.5 Å². The van der Waals surface area contributed by atoms with Gasteiger partial charge in [-0.3, -0.25) is 14.4 Å². The molecule has 0 bridgehead atoms. The number of carbonyl (C=O) groups excluding carboxylic acids is 3. The molecule has 2 aromatic rings. The molecular weight excluding hydrogens is 408 g/mol. The average Bonchev–Trinajstić information content (AvgIpc) is 3.14. The Morgan fingerprint density at radius 2 is 1.91 bits per heavy atom. The van der Waals surface area contributed by atoms with E-state index >= 15 is 0 Å². The molecule has 8 heteroatoms. The van der Waals surface area contributed by atoms with E-state index in [-0.39, 0.29) is 24.2 Å². The largest absolute Gasteiger partial charge is 0.458 e. The Kier molecular flexibility index (Phi) is 6.48. The number of hydrogen-bond donors (Lipinski definition) is 2. The molecule has 1 saturated heterocycles. The molecule has 32 heavy (non-hydrogen) atoms. The predicted octanol–water partition coefficient (Wildman–Crippen LogP) is 2.43. The van der Waals surface area contributed by atoms with Crippen molar-refractivity contribution >= 4 is 17.8 Å². The zero-order valence-corrected chi connectivity index (χ0v) is 18.2. The first kappa shape index (κ1) is 21.9. The van der Waals surface area contributed by atoms with Crippen LogP contribution in [0.4, 0.5) is 0 Å². The summed E-state index contributed by atoms with van der Waals surface area (Å²) in [5.74, 6) is -0.676. The van der Waals surface area contributed by atoms with Crippen molar-refractivity contribution in [1.29, 1.82) is 0 Å². The Morgan fingerprint density at radius 1 is 1.16 bits per heavy atom. The highest BCUT2D eigenvalue weighted by Gasteiger charge is 2.52. The fourth-order valence-electron chi connectivity index (χ4n) is 4.71. The zero-order valence-electron chi connectivity index (χ0n) is 18.2. The number of nitrogens with zero attached hydrogens (tertiary/aromatic N) is 2. The number of ether oxygens (including phenoxy) is 1. The minimum absolute atomic E-state index is 0.126. The van der Waals surface area contributed by atoms with E-state index in [0.29, 0.717) is 30.0 Å². The molecule has 1 aromatic carbocycles. The van der Waals surface area contributed by atoms with Crippen LogP contribution in [0.15, 0.2) is 36.5 Å². The van der Waals surface area contributed by atoms with Gasteiger partial charge in [0.1, 0.15) is 5.60 Å². The Balaban J connectivity index is 1.47. The number of amides is 2. The quantitative estimate of drug-likeness (QED) is 0.673. The molecule has 1 atom stereocenters. The van der Waals surface area contributed by atoms with Gasteiger partial charge in [0.15, 0.2) is 5.82 Å². The molecule has 2 amide bonds. The number of nitrogens with one attached hydrogen (secondary N) is 2. The molecule has 0 unspecified atom stereocenters. The van der Waals surface area contributed by atoms with E-state index in [0.717, 1.165) is 37.7 Å². The highest BCUT2D eigenvalue weighted by molar-refractivity contribution is 5.95. The molecule has 2 N–H and O–H groups in total. The Labute approximate surface area is 187 Å². The van der Waals surface area contributed by atoms with Crippen molar-refractivity contribution in [3.63, 3.8) is 0 Å². The van der Waals surface area contributed by atoms with Crippen LogP contribution in [0.25, 0.3) is 11.4 Å². The summed E-state index contributed by atoms with van der Waals surface area (Å²) >= 11 is 0. The van der Waals surface area contributed by atoms with Crippen molar-refractivity contribution in [3.8, 4) is 11.4 Å². The molecule has 1 aromatic heterocycles. The Hall–Kier alpha value is -3.29. The second-order valence-corrected chi connectivity index (χ2v) is 8.40. The topological polar surface area (TPSA) is 110 Å². The fourth-order valence-corrected chi connectivity index (χ4v) is 4.71. The molecule has 168 valence electrons. The van der Waals surface area contributed by atoms with Gasteiger partial charge in [0.05, 0.1) is 23.6 Å². The van der Waals surface area contributed by atoms with Gasteiger partial charge in [-0.25, -0.2) is 9.97 Å². The van der Waals surface area contributed by atoms with Gasteiger partial charge in [0.25, 0.3) is 5.91 Å². The molecule has 1 spiro atoms. The molecule has 0 radical (unpaired) electrons. The predicted molar refractivity (Wildman–Crippen MR) is 118 cm³/mol. The SMILES string of the molecule is CNC(=O)c1cnc(-c2ccccc2)nc1CCNC(=O)[C@H]1CC(=O)OC12CCCCC2. The van der Waals surface area contributed by atoms with E-state index in [1.165, 1.54) is 6.20 Å². The second-order valence-electron chi connectivity index (χ2n) is 8.40. The second kappa shape index (κ2) is 9.46. The van der Waals surface area contributed by atoms with Crippen LogP contribution >= 0.6 is 0 Å². The van der Waals surface area contributed by atoms with Crippen molar-refractivity contribution in [3.05, 3.63) is 47.8 Å². The average molecular weight is 437 g/mol. The summed E-state index contributed by atoms with van der Waals surface area (Å²) in [4.78, 5) is 46.2. The number of benzene rings is 1. The lowest BCUT2D eigenvalue weighted by Gasteiger charge is -2.36. The summed E-state index contributed by atoms with van der Waals surface area (Å²) in [6.45, 7) is 0.300. The number of rotatable bonds is 6. The van der Waals surface area contributed by atoms with Gasteiger partial charge in [-0.2, -0.15) is 0 Å². The molecule has 4 rings (SSSR count). The lowest BCUT2D eigenvalue weighted by Crippen LogP contribution is -2.46. The first-order valence-corrected chi connectivity index (χ1v) is 11.2. The molecule has 1 aliphatic heterocycles. The van der Waals surface area contributed by atoms with Gasteiger partial charge in [0.2, 0.25) is 5.91 Å². The minimum Gasteiger partial charge on any atom is -0.458 e. The highest BCUT2D eigenvalue weighted by atomic mass is 16.6. The van der Waals surface area contributed by atoms with E-state index in [2.05, 4.69) is 20.6 Å². The fraction of sp³-hybridized carbons (Fsp3) is 0.458. The normalized spacial score (nSPS) is 19.4. The smallest absolute Gasteiger partial charge is 0.307 e. The molecule has 8 nitrogen and oxygen atoms in total. The maximum atomic E-state index is 13.0. The third kappa shape index (κ3) is 4.49. The van der Waals surface area contributed by atoms with Crippen molar-refractivity contribution in [2.24, 2.45) is 5.92 Å². The van der Waals surface area contributed by atoms with E-state index in [9.17, 15) is 14.4 Å². The Morgan fingerprint density at radius 3 is 2.62 bits per heavy atom. The van der Waals surface area contributed by atoms with Gasteiger partial charge >= 0.3 is 5.97 Å². The number of aromatic nitrogens is 2. The summed E-state index contributed by atoms with van der Waals surface area (Å²) < 4.78 is 5.64. The number of hydrogen-bond acceptors (Lipinski definition) is 6. The molecule has 1 aliphatic carbocycles. The number of carbonyl (C=O) groups is 3. The third-order valence-corrected chi connectivity index (χ3v) is 6.37. The lowest BCUT2D eigenvalue weighted by atomic mass is 9.75. The van der Waals surface area contributed by atoms with Crippen LogP contribution in [0.3, 0.4) is 0 Å². The summed E-state index contributed by atoms with van der Waals surface area (Å²) in [5.41, 5.74) is 1.14. The summed E-state index contributed by atoms with van der Waals surface area (Å²) in [7, 11) is 1.56. The van der Waals surface area contributed by atoms with Crippen LogP contribution in [0.5, 0.6) is 0 Å². The van der Waals surface area contributed by atoms with Gasteiger partial charge in [-0.1, -0.05) is 36.8 Å². The molecule has 2 heterocycles. The lowest BCUT2D eigenvalue weighted by molar-refractivity contribution is -0.153. The first-order valence-electron chi connectivity index (χ1n) is 11.2. The van der Waals surface area contributed by atoms with Crippen LogP contribution in [0, 0.1) is 5.92 Å². The molecular formula is C24H28N4O4. The van der Waals surface area contributed by atoms with Gasteiger partial charge in [-0.05, 0) is 25.7 Å². The van der Waals surface area contributed by atoms with Crippen molar-refractivity contribution in [2.75, 3.05) is 13.6 Å². The number of esters is 1. The zero-order chi connectivity index (χ0) is 22.6. The van der Waals surface area contributed by atoms with Gasteiger partial charge < -0.3 is 15.4 Å². The minimum atomic E-state index is -0.651. The van der Waals surface area contributed by atoms with Crippen LogP contribution in [0.1, 0.15) is 54.6 Å². The highest BCUT2D eigenvalue weighted by Crippen LogP contribution is 2.44. The standard InChI is InChI=1S/C24H28N4O4/c1-25-22(30)17-15-27-21(16-8-4-2-5-9-16)28-19(17)10-13-26-23(31)18-14-20(29)32-24(18)11-6-3-7-12-24/h2,4-5,8-9,15,18H,3,6-7,10-14H2,1H3,(H,25,30)(H,26,31)/t18-/m1/s1. The van der Waals surface area contributed by atoms with E-state index in [4.69, 9.17) is 4.74 Å². The van der Waals surface area contributed by atoms with E-state index in [1.54, 1.807) is 7.05 Å². The Bertz CT molecular complexity index is 1000. The van der Waals surface area contributed by atoms with Gasteiger partial charge in [0, 0.05) is 31.8 Å².